The van der Waals surface area contributed by atoms with Crippen molar-refractivity contribution in [2.75, 3.05) is 13.2 Å². The predicted octanol–water partition coefficient (Wildman–Crippen LogP) is 3.23. The molecule has 0 N–H and O–H groups in total. The highest BCUT2D eigenvalue weighted by atomic mass is 16.7. The molecule has 0 spiro atoms. The van der Waals surface area contributed by atoms with Crippen LogP contribution in [0.1, 0.15) is 86.0 Å². The van der Waals surface area contributed by atoms with Gasteiger partial charge >= 0.3 is 23.9 Å². The van der Waals surface area contributed by atoms with Crippen LogP contribution in [-0.2, 0) is 47.6 Å². The molecule has 1 saturated heterocycles. The lowest BCUT2D eigenvalue weighted by molar-refractivity contribution is -0.308. The third-order valence-electron chi connectivity index (χ3n) is 5.23. The molecule has 5 atom stereocenters. The molecule has 1 rings (SSSR count). The van der Waals surface area contributed by atoms with Crippen molar-refractivity contribution in [3.8, 4) is 0 Å². The molecule has 0 bridgehead atoms. The van der Waals surface area contributed by atoms with Gasteiger partial charge in [-0.15, -0.1) is 0 Å². The lowest BCUT2D eigenvalue weighted by atomic mass is 9.98. The monoisotopic (exact) mass is 488 g/mol. The first-order valence-corrected chi connectivity index (χ1v) is 12.1. The van der Waals surface area contributed by atoms with Gasteiger partial charge in [0.2, 0.25) is 0 Å². The first-order chi connectivity index (χ1) is 16.1. The lowest BCUT2D eigenvalue weighted by Crippen LogP contribution is -2.63. The second kappa shape index (κ2) is 16.4. The Balaban J connectivity index is 2.89. The topological polar surface area (TPSA) is 124 Å². The summed E-state index contributed by atoms with van der Waals surface area (Å²) in [5, 5.41) is 0. The molecule has 0 aromatic heterocycles. The van der Waals surface area contributed by atoms with Crippen molar-refractivity contribution in [1.29, 1.82) is 0 Å². The second-order valence-electron chi connectivity index (χ2n) is 8.41. The van der Waals surface area contributed by atoms with Crippen LogP contribution in [0.3, 0.4) is 0 Å². The molecule has 0 unspecified atom stereocenters. The highest BCUT2D eigenvalue weighted by Crippen LogP contribution is 2.30. The molecule has 1 aliphatic rings. The molecular weight excluding hydrogens is 448 g/mol. The number of carbonyl (C=O) groups excluding carboxylic acids is 4. The zero-order chi connectivity index (χ0) is 25.5. The maximum atomic E-state index is 11.8. The third-order valence-corrected chi connectivity index (χ3v) is 5.23. The van der Waals surface area contributed by atoms with Crippen LogP contribution in [0.15, 0.2) is 0 Å². The van der Waals surface area contributed by atoms with Crippen LogP contribution in [-0.4, -0.2) is 67.8 Å². The van der Waals surface area contributed by atoms with Crippen LogP contribution < -0.4 is 0 Å². The van der Waals surface area contributed by atoms with Crippen molar-refractivity contribution in [2.24, 2.45) is 0 Å². The van der Waals surface area contributed by atoms with E-state index in [0.29, 0.717) is 6.61 Å². The molecule has 1 fully saturated rings. The SMILES string of the molecule is CCCCCCCCCCO[C@@H]1O[C@H](COC(C)=O)[C@@H](OC(C)=O)[C@H](OC(C)=O)[C@H]1OC(C)=O. The Morgan fingerprint density at radius 1 is 0.647 bits per heavy atom. The number of esters is 4. The Morgan fingerprint density at radius 3 is 1.68 bits per heavy atom. The van der Waals surface area contributed by atoms with E-state index in [1.807, 2.05) is 0 Å². The van der Waals surface area contributed by atoms with Crippen LogP contribution in [0.25, 0.3) is 0 Å². The highest BCUT2D eigenvalue weighted by Gasteiger charge is 2.52. The highest BCUT2D eigenvalue weighted by molar-refractivity contribution is 5.68. The van der Waals surface area contributed by atoms with Crippen molar-refractivity contribution in [1.82, 2.24) is 0 Å². The molecule has 10 heteroatoms. The van der Waals surface area contributed by atoms with Crippen molar-refractivity contribution < 1.29 is 47.6 Å². The van der Waals surface area contributed by atoms with Gasteiger partial charge in [-0.05, 0) is 6.42 Å². The first-order valence-electron chi connectivity index (χ1n) is 12.1. The van der Waals surface area contributed by atoms with Gasteiger partial charge in [-0.1, -0.05) is 51.9 Å². The molecule has 1 aliphatic heterocycles. The van der Waals surface area contributed by atoms with E-state index in [2.05, 4.69) is 6.92 Å². The summed E-state index contributed by atoms with van der Waals surface area (Å²) < 4.78 is 32.9. The Morgan fingerprint density at radius 2 is 1.15 bits per heavy atom. The number of unbranched alkanes of at least 4 members (excludes halogenated alkanes) is 7. The molecular formula is C24H40O10. The van der Waals surface area contributed by atoms with E-state index in [0.717, 1.165) is 19.3 Å². The minimum atomic E-state index is -1.21. The van der Waals surface area contributed by atoms with Gasteiger partial charge in [0.25, 0.3) is 0 Å². The number of carbonyl (C=O) groups is 4. The first kappa shape index (κ1) is 29.8. The Kier molecular flexibility index (Phi) is 14.4. The smallest absolute Gasteiger partial charge is 0.303 e. The van der Waals surface area contributed by atoms with Gasteiger partial charge in [-0.25, -0.2) is 0 Å². The molecule has 196 valence electrons. The quantitative estimate of drug-likeness (QED) is 0.193. The van der Waals surface area contributed by atoms with Crippen molar-refractivity contribution in [3.05, 3.63) is 0 Å². The zero-order valence-electron chi connectivity index (χ0n) is 21.0. The largest absolute Gasteiger partial charge is 0.463 e. The van der Waals surface area contributed by atoms with Crippen molar-refractivity contribution >= 4 is 23.9 Å². The third kappa shape index (κ3) is 11.8. The van der Waals surface area contributed by atoms with Crippen molar-refractivity contribution in [2.45, 2.75) is 117 Å². The second-order valence-corrected chi connectivity index (χ2v) is 8.41. The van der Waals surface area contributed by atoms with Crippen LogP contribution in [0.5, 0.6) is 0 Å². The fourth-order valence-electron chi connectivity index (χ4n) is 3.76. The van der Waals surface area contributed by atoms with E-state index in [9.17, 15) is 19.2 Å². The maximum Gasteiger partial charge on any atom is 0.303 e. The Hall–Kier alpha value is -2.20. The zero-order valence-corrected chi connectivity index (χ0v) is 21.0. The molecule has 0 aliphatic carbocycles. The van der Waals surface area contributed by atoms with Gasteiger partial charge in [0.15, 0.2) is 24.6 Å². The van der Waals surface area contributed by atoms with E-state index in [4.69, 9.17) is 28.4 Å². The molecule has 34 heavy (non-hydrogen) atoms. The molecule has 1 heterocycles. The summed E-state index contributed by atoms with van der Waals surface area (Å²) in [7, 11) is 0. The number of hydrogen-bond acceptors (Lipinski definition) is 10. The summed E-state index contributed by atoms with van der Waals surface area (Å²) in [6.45, 7) is 7.03. The molecule has 10 nitrogen and oxygen atoms in total. The van der Waals surface area contributed by atoms with Gasteiger partial charge in [-0.3, -0.25) is 19.2 Å². The molecule has 0 radical (unpaired) electrons. The molecule has 0 aromatic carbocycles. The fraction of sp³-hybridized carbons (Fsp3) is 0.833. The average Bonchev–Trinajstić information content (AvgIpc) is 2.74. The van der Waals surface area contributed by atoms with Gasteiger partial charge in [-0.2, -0.15) is 0 Å². The number of hydrogen-bond donors (Lipinski definition) is 0. The number of rotatable bonds is 15. The van der Waals surface area contributed by atoms with Gasteiger partial charge in [0.1, 0.15) is 12.7 Å². The summed E-state index contributed by atoms with van der Waals surface area (Å²) in [5.74, 6) is -2.55. The summed E-state index contributed by atoms with van der Waals surface area (Å²) >= 11 is 0. The summed E-state index contributed by atoms with van der Waals surface area (Å²) in [6, 6.07) is 0. The van der Waals surface area contributed by atoms with Gasteiger partial charge in [0.05, 0.1) is 0 Å². The average molecular weight is 489 g/mol. The minimum absolute atomic E-state index is 0.268. The van der Waals surface area contributed by atoms with Crippen LogP contribution >= 0.6 is 0 Å². The van der Waals surface area contributed by atoms with Crippen LogP contribution in [0.4, 0.5) is 0 Å². The minimum Gasteiger partial charge on any atom is -0.463 e. The predicted molar refractivity (Wildman–Crippen MR) is 121 cm³/mol. The normalized spacial score (nSPS) is 24.2. The van der Waals surface area contributed by atoms with Gasteiger partial charge < -0.3 is 28.4 Å². The van der Waals surface area contributed by atoms with Gasteiger partial charge in [0, 0.05) is 34.3 Å². The van der Waals surface area contributed by atoms with E-state index >= 15 is 0 Å². The Bertz CT molecular complexity index is 650. The standard InChI is InChI=1S/C24H40O10/c1-6-7-8-9-10-11-12-13-14-29-24-23(33-19(5)28)22(32-18(4)27)21(31-17(3)26)20(34-24)15-30-16(2)25/h20-24H,6-15H2,1-5H3/t20-,21-,22+,23-,24-/m1/s1. The Labute approximate surface area is 201 Å². The lowest BCUT2D eigenvalue weighted by Gasteiger charge is -2.44. The van der Waals surface area contributed by atoms with Crippen LogP contribution in [0.2, 0.25) is 0 Å². The van der Waals surface area contributed by atoms with Crippen molar-refractivity contribution in [3.63, 3.8) is 0 Å². The van der Waals surface area contributed by atoms with E-state index in [1.165, 1.54) is 59.8 Å². The van der Waals surface area contributed by atoms with E-state index in [-0.39, 0.29) is 6.61 Å². The molecule has 0 amide bonds. The maximum absolute atomic E-state index is 11.8. The summed E-state index contributed by atoms with van der Waals surface area (Å²) in [4.78, 5) is 46.7. The van der Waals surface area contributed by atoms with E-state index in [1.54, 1.807) is 0 Å². The van der Waals surface area contributed by atoms with E-state index < -0.39 is 54.6 Å². The molecule has 0 aromatic rings. The molecule has 0 saturated carbocycles. The summed E-state index contributed by atoms with van der Waals surface area (Å²) in [5.41, 5.74) is 0. The fourth-order valence-corrected chi connectivity index (χ4v) is 3.76. The summed E-state index contributed by atoms with van der Waals surface area (Å²) in [6.07, 6.45) is 3.27. The number of ether oxygens (including phenoxy) is 6. The van der Waals surface area contributed by atoms with Crippen LogP contribution in [0, 0.1) is 0 Å².